The number of aromatic nitrogens is 2. The van der Waals surface area contributed by atoms with Gasteiger partial charge < -0.3 is 0 Å². The number of nitrogens with zero attached hydrogens (tertiary/aromatic N) is 2. The Kier molecular flexibility index (Phi) is 2.15. The van der Waals surface area contributed by atoms with E-state index in [-0.39, 0.29) is 5.82 Å². The number of hydrogen-bond donors (Lipinski definition) is 0. The fraction of sp³-hybridized carbons (Fsp3) is 0.111. The van der Waals surface area contributed by atoms with Crippen LogP contribution < -0.4 is 0 Å². The second-order valence-corrected chi connectivity index (χ2v) is 3.90. The van der Waals surface area contributed by atoms with Crippen LogP contribution in [0.2, 0.25) is 0 Å². The summed E-state index contributed by atoms with van der Waals surface area (Å²) in [5.41, 5.74) is 0.814. The molecule has 2 aromatic rings. The lowest BCUT2D eigenvalue weighted by Crippen LogP contribution is -1.91. The van der Waals surface area contributed by atoms with Crippen LogP contribution in [0.4, 0.5) is 4.39 Å². The molecule has 0 atom stereocenters. The third-order valence-electron chi connectivity index (χ3n) is 1.72. The van der Waals surface area contributed by atoms with Crippen LogP contribution in [0.1, 0.15) is 5.82 Å². The van der Waals surface area contributed by atoms with E-state index in [1.807, 2.05) is 6.92 Å². The van der Waals surface area contributed by atoms with E-state index in [0.717, 1.165) is 14.5 Å². The molecule has 0 bridgehead atoms. The SMILES string of the molecule is Cc1ncc2cc(F)cc(I)c2n1. The Morgan fingerprint density at radius 1 is 1.38 bits per heavy atom. The van der Waals surface area contributed by atoms with E-state index in [4.69, 9.17) is 0 Å². The molecule has 0 amide bonds. The molecule has 66 valence electrons. The predicted molar refractivity (Wildman–Crippen MR) is 57.0 cm³/mol. The van der Waals surface area contributed by atoms with Crippen LogP contribution in [0.5, 0.6) is 0 Å². The fourth-order valence-electron chi connectivity index (χ4n) is 1.16. The Bertz CT molecular complexity index is 470. The van der Waals surface area contributed by atoms with Crippen molar-refractivity contribution in [3.05, 3.63) is 33.5 Å². The molecule has 1 aromatic heterocycles. The maximum atomic E-state index is 12.9. The van der Waals surface area contributed by atoms with Gasteiger partial charge in [-0.1, -0.05) is 0 Å². The topological polar surface area (TPSA) is 25.8 Å². The van der Waals surface area contributed by atoms with Crippen LogP contribution >= 0.6 is 22.6 Å². The zero-order valence-electron chi connectivity index (χ0n) is 6.88. The Balaban J connectivity index is 2.87. The van der Waals surface area contributed by atoms with Crippen LogP contribution in [-0.4, -0.2) is 9.97 Å². The molecule has 0 unspecified atom stereocenters. The van der Waals surface area contributed by atoms with Gasteiger partial charge in [0.1, 0.15) is 11.6 Å². The lowest BCUT2D eigenvalue weighted by Gasteiger charge is -2.00. The molecule has 0 radical (unpaired) electrons. The van der Waals surface area contributed by atoms with E-state index in [0.29, 0.717) is 5.82 Å². The van der Waals surface area contributed by atoms with E-state index < -0.39 is 0 Å². The van der Waals surface area contributed by atoms with Crippen LogP contribution in [0.3, 0.4) is 0 Å². The van der Waals surface area contributed by atoms with Crippen molar-refractivity contribution in [3.8, 4) is 0 Å². The van der Waals surface area contributed by atoms with Crippen molar-refractivity contribution < 1.29 is 4.39 Å². The van der Waals surface area contributed by atoms with Crippen LogP contribution in [0.15, 0.2) is 18.3 Å². The normalized spacial score (nSPS) is 10.7. The first-order valence-corrected chi connectivity index (χ1v) is 4.83. The molecule has 0 spiro atoms. The summed E-state index contributed by atoms with van der Waals surface area (Å²) < 4.78 is 13.8. The highest BCUT2D eigenvalue weighted by molar-refractivity contribution is 14.1. The molecule has 13 heavy (non-hydrogen) atoms. The molecule has 0 aliphatic carbocycles. The largest absolute Gasteiger partial charge is 0.241 e. The molecule has 0 saturated heterocycles. The highest BCUT2D eigenvalue weighted by Crippen LogP contribution is 2.19. The van der Waals surface area contributed by atoms with Gasteiger partial charge in [-0.2, -0.15) is 0 Å². The zero-order chi connectivity index (χ0) is 9.42. The van der Waals surface area contributed by atoms with E-state index in [2.05, 4.69) is 32.6 Å². The average Bonchev–Trinajstić information content (AvgIpc) is 2.06. The number of rotatable bonds is 0. The van der Waals surface area contributed by atoms with Crippen LogP contribution in [0.25, 0.3) is 10.9 Å². The van der Waals surface area contributed by atoms with Gasteiger partial charge in [0, 0.05) is 15.2 Å². The minimum Gasteiger partial charge on any atom is -0.241 e. The van der Waals surface area contributed by atoms with Crippen molar-refractivity contribution in [1.82, 2.24) is 9.97 Å². The average molecular weight is 288 g/mol. The summed E-state index contributed by atoms with van der Waals surface area (Å²) in [7, 11) is 0. The number of hydrogen-bond acceptors (Lipinski definition) is 2. The van der Waals surface area contributed by atoms with Crippen molar-refractivity contribution in [2.45, 2.75) is 6.92 Å². The summed E-state index contributed by atoms with van der Waals surface area (Å²) in [6.45, 7) is 1.82. The molecule has 2 rings (SSSR count). The first kappa shape index (κ1) is 8.80. The van der Waals surface area contributed by atoms with Gasteiger partial charge in [0.2, 0.25) is 0 Å². The Morgan fingerprint density at radius 3 is 2.92 bits per heavy atom. The van der Waals surface area contributed by atoms with Gasteiger partial charge in [0.25, 0.3) is 0 Å². The molecule has 2 nitrogen and oxygen atoms in total. The highest BCUT2D eigenvalue weighted by atomic mass is 127. The van der Waals surface area contributed by atoms with Gasteiger partial charge in [-0.15, -0.1) is 0 Å². The van der Waals surface area contributed by atoms with Crippen molar-refractivity contribution in [1.29, 1.82) is 0 Å². The molecule has 0 N–H and O–H groups in total. The monoisotopic (exact) mass is 288 g/mol. The van der Waals surface area contributed by atoms with Gasteiger partial charge in [-0.05, 0) is 41.6 Å². The molecule has 4 heteroatoms. The first-order valence-electron chi connectivity index (χ1n) is 3.75. The summed E-state index contributed by atoms with van der Waals surface area (Å²) in [6.07, 6.45) is 1.64. The third kappa shape index (κ3) is 1.63. The Morgan fingerprint density at radius 2 is 2.15 bits per heavy atom. The van der Waals surface area contributed by atoms with Gasteiger partial charge >= 0.3 is 0 Å². The molecular weight excluding hydrogens is 282 g/mol. The maximum Gasteiger partial charge on any atom is 0.125 e. The number of benzene rings is 1. The van der Waals surface area contributed by atoms with Crippen molar-refractivity contribution in [3.63, 3.8) is 0 Å². The van der Waals surface area contributed by atoms with Crippen molar-refractivity contribution in [2.24, 2.45) is 0 Å². The fourth-order valence-corrected chi connectivity index (χ4v) is 1.89. The quantitative estimate of drug-likeness (QED) is 0.696. The number of fused-ring (bicyclic) bond motifs is 1. The van der Waals surface area contributed by atoms with E-state index in [1.165, 1.54) is 12.1 Å². The molecule has 0 fully saturated rings. The number of halogens is 2. The second kappa shape index (κ2) is 3.17. The van der Waals surface area contributed by atoms with Gasteiger partial charge in [0.15, 0.2) is 0 Å². The standard InChI is InChI=1S/C9H6FIN2/c1-5-12-4-6-2-7(10)3-8(11)9(6)13-5/h2-4H,1H3. The molecule has 1 heterocycles. The lowest BCUT2D eigenvalue weighted by atomic mass is 10.2. The second-order valence-electron chi connectivity index (χ2n) is 2.74. The predicted octanol–water partition coefficient (Wildman–Crippen LogP) is 2.68. The Hall–Kier alpha value is -0.780. The smallest absolute Gasteiger partial charge is 0.125 e. The summed E-state index contributed by atoms with van der Waals surface area (Å²) in [5, 5.41) is 0.745. The van der Waals surface area contributed by atoms with Crippen LogP contribution in [0, 0.1) is 16.3 Å². The number of aryl methyl sites for hydroxylation is 1. The van der Waals surface area contributed by atoms with E-state index in [1.54, 1.807) is 6.20 Å². The molecule has 1 aromatic carbocycles. The zero-order valence-corrected chi connectivity index (χ0v) is 9.04. The first-order chi connectivity index (χ1) is 6.16. The van der Waals surface area contributed by atoms with Crippen molar-refractivity contribution in [2.75, 3.05) is 0 Å². The van der Waals surface area contributed by atoms with E-state index >= 15 is 0 Å². The van der Waals surface area contributed by atoms with Gasteiger partial charge in [-0.25, -0.2) is 14.4 Å². The van der Waals surface area contributed by atoms with Crippen LogP contribution in [-0.2, 0) is 0 Å². The van der Waals surface area contributed by atoms with Crippen molar-refractivity contribution >= 4 is 33.5 Å². The van der Waals surface area contributed by atoms with E-state index in [9.17, 15) is 4.39 Å². The summed E-state index contributed by atoms with van der Waals surface area (Å²) in [5.74, 6) is 0.460. The minimum atomic E-state index is -0.246. The maximum absolute atomic E-state index is 12.9. The third-order valence-corrected chi connectivity index (χ3v) is 2.54. The molecular formula is C9H6FIN2. The molecule has 0 aliphatic heterocycles. The van der Waals surface area contributed by atoms with Gasteiger partial charge in [0.05, 0.1) is 5.52 Å². The minimum absolute atomic E-state index is 0.246. The highest BCUT2D eigenvalue weighted by Gasteiger charge is 2.03. The van der Waals surface area contributed by atoms with Gasteiger partial charge in [-0.3, -0.25) is 0 Å². The molecule has 0 saturated carbocycles. The summed E-state index contributed by atoms with van der Waals surface area (Å²) in [4.78, 5) is 8.24. The summed E-state index contributed by atoms with van der Waals surface area (Å²) >= 11 is 2.07. The molecule has 0 aliphatic rings. The Labute approximate surface area is 88.3 Å². The summed E-state index contributed by atoms with van der Waals surface area (Å²) in [6, 6.07) is 2.91. The lowest BCUT2D eigenvalue weighted by molar-refractivity contribution is 0.628.